The van der Waals surface area contributed by atoms with Crippen molar-refractivity contribution in [3.05, 3.63) is 17.7 Å². The Bertz CT molecular complexity index is 492. The first-order valence-corrected chi connectivity index (χ1v) is 7.11. The zero-order chi connectivity index (χ0) is 14.1. The van der Waals surface area contributed by atoms with Gasteiger partial charge in [-0.2, -0.15) is 0 Å². The van der Waals surface area contributed by atoms with Crippen LogP contribution in [0.1, 0.15) is 18.0 Å². The van der Waals surface area contributed by atoms with E-state index < -0.39 is 0 Å². The maximum absolute atomic E-state index is 5.86. The van der Waals surface area contributed by atoms with Gasteiger partial charge in [0.05, 0.1) is 12.7 Å². The van der Waals surface area contributed by atoms with Crippen LogP contribution in [0.4, 0.5) is 0 Å². The number of hydrogen-bond donors (Lipinski definition) is 1. The van der Waals surface area contributed by atoms with Gasteiger partial charge in [0, 0.05) is 12.6 Å². The number of likely N-dealkylation sites (tertiary alicyclic amines) is 1. The minimum atomic E-state index is 0.273. The van der Waals surface area contributed by atoms with E-state index in [0.29, 0.717) is 19.1 Å². The molecule has 0 radical (unpaired) electrons. The molecule has 0 saturated carbocycles. The van der Waals surface area contributed by atoms with Crippen LogP contribution in [0.25, 0.3) is 0 Å². The molecule has 2 N–H and O–H groups in total. The molecule has 2 unspecified atom stereocenters. The van der Waals surface area contributed by atoms with Gasteiger partial charge in [-0.15, -0.1) is 0 Å². The first-order valence-electron chi connectivity index (χ1n) is 7.11. The quantitative estimate of drug-likeness (QED) is 0.906. The Balaban J connectivity index is 2.02. The molecule has 0 amide bonds. The lowest BCUT2D eigenvalue weighted by Crippen LogP contribution is -2.23. The van der Waals surface area contributed by atoms with E-state index in [1.807, 2.05) is 12.1 Å². The van der Waals surface area contributed by atoms with Gasteiger partial charge in [0.1, 0.15) is 19.0 Å². The third-order valence-corrected chi connectivity index (χ3v) is 4.23. The van der Waals surface area contributed by atoms with Gasteiger partial charge in [0.25, 0.3) is 0 Å². The summed E-state index contributed by atoms with van der Waals surface area (Å²) in [6, 6.07) is 4.16. The lowest BCUT2D eigenvalue weighted by atomic mass is 9.97. The lowest BCUT2D eigenvalue weighted by Gasteiger charge is -2.28. The summed E-state index contributed by atoms with van der Waals surface area (Å²) in [4.78, 5) is 2.33. The monoisotopic (exact) mass is 278 g/mol. The molecular weight excluding hydrogens is 256 g/mol. The summed E-state index contributed by atoms with van der Waals surface area (Å²) < 4.78 is 17.1. The number of ether oxygens (including phenoxy) is 3. The first-order chi connectivity index (χ1) is 9.74. The average molecular weight is 278 g/mol. The van der Waals surface area contributed by atoms with Crippen LogP contribution in [0.15, 0.2) is 12.1 Å². The van der Waals surface area contributed by atoms with Crippen molar-refractivity contribution in [2.75, 3.05) is 40.5 Å². The summed E-state index contributed by atoms with van der Waals surface area (Å²) in [5, 5.41) is 0. The third-order valence-electron chi connectivity index (χ3n) is 4.23. The van der Waals surface area contributed by atoms with E-state index in [4.69, 9.17) is 19.9 Å². The van der Waals surface area contributed by atoms with Gasteiger partial charge in [0.15, 0.2) is 11.5 Å². The number of rotatable bonds is 3. The topological polar surface area (TPSA) is 57.0 Å². The van der Waals surface area contributed by atoms with E-state index in [1.165, 1.54) is 0 Å². The zero-order valence-corrected chi connectivity index (χ0v) is 12.1. The molecule has 20 heavy (non-hydrogen) atoms. The zero-order valence-electron chi connectivity index (χ0n) is 12.1. The maximum atomic E-state index is 5.86. The molecule has 2 aliphatic rings. The minimum absolute atomic E-state index is 0.273. The van der Waals surface area contributed by atoms with Gasteiger partial charge >= 0.3 is 0 Å². The number of fused-ring (bicyclic) bond motifs is 1. The van der Waals surface area contributed by atoms with Crippen molar-refractivity contribution < 1.29 is 14.2 Å². The predicted molar refractivity (Wildman–Crippen MR) is 76.5 cm³/mol. The van der Waals surface area contributed by atoms with Crippen LogP contribution < -0.4 is 19.9 Å². The molecular formula is C15H22N2O3. The van der Waals surface area contributed by atoms with Crippen LogP contribution in [-0.4, -0.2) is 45.4 Å². The molecule has 110 valence electrons. The highest BCUT2D eigenvalue weighted by Gasteiger charge is 2.35. The summed E-state index contributed by atoms with van der Waals surface area (Å²) in [5.74, 6) is 3.04. The van der Waals surface area contributed by atoms with E-state index in [0.717, 1.165) is 42.3 Å². The molecule has 1 aromatic rings. The van der Waals surface area contributed by atoms with Crippen molar-refractivity contribution in [1.29, 1.82) is 0 Å². The molecule has 0 aliphatic carbocycles. The third kappa shape index (κ3) is 2.21. The molecule has 1 fully saturated rings. The molecule has 3 rings (SSSR count). The highest BCUT2D eigenvalue weighted by atomic mass is 16.6. The summed E-state index contributed by atoms with van der Waals surface area (Å²) in [7, 11) is 3.83. The highest BCUT2D eigenvalue weighted by molar-refractivity contribution is 5.56. The van der Waals surface area contributed by atoms with Gasteiger partial charge in [-0.25, -0.2) is 0 Å². The number of benzene rings is 1. The second kappa shape index (κ2) is 5.50. The molecule has 0 bridgehead atoms. The Morgan fingerprint density at radius 2 is 2.15 bits per heavy atom. The Morgan fingerprint density at radius 3 is 2.85 bits per heavy atom. The van der Waals surface area contributed by atoms with Crippen LogP contribution in [0.2, 0.25) is 0 Å². The van der Waals surface area contributed by atoms with Crippen molar-refractivity contribution in [2.45, 2.75) is 12.5 Å². The van der Waals surface area contributed by atoms with Crippen molar-refractivity contribution in [1.82, 2.24) is 4.90 Å². The Labute approximate surface area is 119 Å². The van der Waals surface area contributed by atoms with Crippen molar-refractivity contribution >= 4 is 0 Å². The van der Waals surface area contributed by atoms with Crippen LogP contribution in [0, 0.1) is 5.92 Å². The maximum Gasteiger partial charge on any atom is 0.169 e. The van der Waals surface area contributed by atoms with E-state index in [9.17, 15) is 0 Å². The molecule has 0 spiro atoms. The van der Waals surface area contributed by atoms with Gasteiger partial charge in [-0.1, -0.05) is 0 Å². The van der Waals surface area contributed by atoms with Gasteiger partial charge in [-0.05, 0) is 38.1 Å². The molecule has 1 aromatic carbocycles. The molecule has 2 atom stereocenters. The molecule has 2 heterocycles. The first kappa shape index (κ1) is 13.5. The fraction of sp³-hybridized carbons (Fsp3) is 0.600. The Morgan fingerprint density at radius 1 is 1.35 bits per heavy atom. The summed E-state index contributed by atoms with van der Waals surface area (Å²) in [6.07, 6.45) is 1.03. The van der Waals surface area contributed by atoms with Crippen LogP contribution in [0.3, 0.4) is 0 Å². The van der Waals surface area contributed by atoms with Crippen LogP contribution in [0.5, 0.6) is 17.2 Å². The summed E-state index contributed by atoms with van der Waals surface area (Å²) in [6.45, 7) is 2.92. The number of nitrogens with zero attached hydrogens (tertiary/aromatic N) is 1. The smallest absolute Gasteiger partial charge is 0.169 e. The van der Waals surface area contributed by atoms with Gasteiger partial charge in [-0.3, -0.25) is 4.90 Å². The Hall–Kier alpha value is -1.46. The van der Waals surface area contributed by atoms with E-state index >= 15 is 0 Å². The van der Waals surface area contributed by atoms with E-state index in [1.54, 1.807) is 7.11 Å². The van der Waals surface area contributed by atoms with Crippen molar-refractivity contribution in [2.24, 2.45) is 11.7 Å². The normalized spacial score (nSPS) is 25.8. The van der Waals surface area contributed by atoms with Crippen molar-refractivity contribution in [3.8, 4) is 17.2 Å². The molecule has 1 saturated heterocycles. The van der Waals surface area contributed by atoms with Crippen molar-refractivity contribution in [3.63, 3.8) is 0 Å². The van der Waals surface area contributed by atoms with Gasteiger partial charge < -0.3 is 19.9 Å². The van der Waals surface area contributed by atoms with Gasteiger partial charge in [0.2, 0.25) is 0 Å². The average Bonchev–Trinajstić information content (AvgIpc) is 2.86. The fourth-order valence-electron chi connectivity index (χ4n) is 3.23. The number of methoxy groups -OCH3 is 1. The number of hydrogen-bond acceptors (Lipinski definition) is 5. The second-order valence-corrected chi connectivity index (χ2v) is 5.50. The van der Waals surface area contributed by atoms with E-state index in [-0.39, 0.29) is 6.04 Å². The molecule has 5 heteroatoms. The SMILES string of the molecule is COc1ccc2c(c1C1CC(CN)CN1C)OCCO2. The lowest BCUT2D eigenvalue weighted by molar-refractivity contribution is 0.164. The largest absolute Gasteiger partial charge is 0.496 e. The second-order valence-electron chi connectivity index (χ2n) is 5.50. The minimum Gasteiger partial charge on any atom is -0.496 e. The fourth-order valence-corrected chi connectivity index (χ4v) is 3.23. The van der Waals surface area contributed by atoms with Crippen LogP contribution in [-0.2, 0) is 0 Å². The number of nitrogens with two attached hydrogens (primary N) is 1. The highest BCUT2D eigenvalue weighted by Crippen LogP contribution is 2.48. The Kier molecular flexibility index (Phi) is 3.72. The molecule has 2 aliphatic heterocycles. The standard InChI is InChI=1S/C15H22N2O3/c1-17-9-10(8-16)7-11(17)14-12(18-2)3-4-13-15(14)20-6-5-19-13/h3-4,10-11H,5-9,16H2,1-2H3. The summed E-state index contributed by atoms with van der Waals surface area (Å²) in [5.41, 5.74) is 6.93. The predicted octanol–water partition coefficient (Wildman–Crippen LogP) is 1.42. The summed E-state index contributed by atoms with van der Waals surface area (Å²) >= 11 is 0. The molecule has 5 nitrogen and oxygen atoms in total. The van der Waals surface area contributed by atoms with E-state index in [2.05, 4.69) is 11.9 Å². The molecule has 0 aromatic heterocycles. The van der Waals surface area contributed by atoms with Crippen LogP contribution >= 0.6 is 0 Å².